The van der Waals surface area contributed by atoms with E-state index in [0.29, 0.717) is 13.1 Å². The molecule has 0 aliphatic rings. The Morgan fingerprint density at radius 3 is 2.55 bits per heavy atom. The molecule has 1 aromatic heterocycles. The van der Waals surface area contributed by atoms with Crippen LogP contribution in [0.4, 0.5) is 0 Å². The Morgan fingerprint density at radius 2 is 1.82 bits per heavy atom. The highest BCUT2D eigenvalue weighted by molar-refractivity contribution is 5.95. The third-order valence-corrected chi connectivity index (χ3v) is 3.75. The van der Waals surface area contributed by atoms with Crippen LogP contribution in [-0.2, 0) is 6.54 Å². The molecule has 0 aliphatic heterocycles. The first kappa shape index (κ1) is 16.0. The number of hydrogen-bond donors (Lipinski definition) is 1. The molecule has 1 amide bonds. The maximum Gasteiger partial charge on any atom is 0.251 e. The summed E-state index contributed by atoms with van der Waals surface area (Å²) in [6.45, 7) is 5.17. The van der Waals surface area contributed by atoms with Gasteiger partial charge in [-0.05, 0) is 44.4 Å². The van der Waals surface area contributed by atoms with Gasteiger partial charge in [-0.1, -0.05) is 24.3 Å². The molecule has 1 heterocycles. The lowest BCUT2D eigenvalue weighted by atomic mass is 10.1. The van der Waals surface area contributed by atoms with Gasteiger partial charge in [-0.15, -0.1) is 0 Å². The number of carbonyl (C=O) groups excluding carboxylic acids is 1. The molecule has 0 unspecified atom stereocenters. The maximum absolute atomic E-state index is 12.0. The summed E-state index contributed by atoms with van der Waals surface area (Å²) in [5, 5.41) is 2.93. The number of aromatic nitrogens is 1. The first-order valence-corrected chi connectivity index (χ1v) is 7.60. The number of unbranched alkanes of at least 4 members (excludes halogenated alkanes) is 1. The zero-order valence-electron chi connectivity index (χ0n) is 13.1. The minimum absolute atomic E-state index is 0.0314. The van der Waals surface area contributed by atoms with Gasteiger partial charge in [0.1, 0.15) is 0 Å². The van der Waals surface area contributed by atoms with Gasteiger partial charge in [-0.3, -0.25) is 9.59 Å². The third kappa shape index (κ3) is 4.07. The van der Waals surface area contributed by atoms with Crippen LogP contribution in [-0.4, -0.2) is 17.0 Å². The van der Waals surface area contributed by atoms with Crippen molar-refractivity contribution >= 4 is 5.91 Å². The summed E-state index contributed by atoms with van der Waals surface area (Å²) >= 11 is 0. The summed E-state index contributed by atoms with van der Waals surface area (Å²) < 4.78 is 1.77. The minimum atomic E-state index is -0.0360. The highest BCUT2D eigenvalue weighted by Crippen LogP contribution is 2.06. The topological polar surface area (TPSA) is 51.1 Å². The molecule has 0 saturated carbocycles. The van der Waals surface area contributed by atoms with Crippen molar-refractivity contribution in [2.45, 2.75) is 33.2 Å². The number of pyridine rings is 1. The van der Waals surface area contributed by atoms with E-state index in [1.165, 1.54) is 0 Å². The van der Waals surface area contributed by atoms with E-state index in [1.807, 2.05) is 44.2 Å². The van der Waals surface area contributed by atoms with Crippen molar-refractivity contribution in [3.8, 4) is 0 Å². The van der Waals surface area contributed by atoms with Gasteiger partial charge < -0.3 is 9.88 Å². The van der Waals surface area contributed by atoms with E-state index in [2.05, 4.69) is 5.32 Å². The molecule has 0 saturated heterocycles. The van der Waals surface area contributed by atoms with Crippen molar-refractivity contribution in [3.63, 3.8) is 0 Å². The van der Waals surface area contributed by atoms with Crippen molar-refractivity contribution in [1.82, 2.24) is 9.88 Å². The SMILES string of the molecule is Cc1ccccc1C(=O)NCCCCn1c(C)cccc1=O. The van der Waals surface area contributed by atoms with Gasteiger partial charge in [0.25, 0.3) is 11.5 Å². The number of amides is 1. The van der Waals surface area contributed by atoms with Gasteiger partial charge >= 0.3 is 0 Å². The molecule has 22 heavy (non-hydrogen) atoms. The van der Waals surface area contributed by atoms with E-state index in [4.69, 9.17) is 0 Å². The van der Waals surface area contributed by atoms with Crippen LogP contribution in [0.3, 0.4) is 0 Å². The normalized spacial score (nSPS) is 10.5. The highest BCUT2D eigenvalue weighted by atomic mass is 16.1. The second-order valence-corrected chi connectivity index (χ2v) is 5.43. The summed E-state index contributed by atoms with van der Waals surface area (Å²) in [5.41, 5.74) is 2.70. The van der Waals surface area contributed by atoms with Crippen LogP contribution in [0, 0.1) is 13.8 Å². The summed E-state index contributed by atoms with van der Waals surface area (Å²) in [7, 11) is 0. The van der Waals surface area contributed by atoms with Crippen LogP contribution in [0.1, 0.15) is 34.5 Å². The predicted octanol–water partition coefficient (Wildman–Crippen LogP) is 2.68. The monoisotopic (exact) mass is 298 g/mol. The third-order valence-electron chi connectivity index (χ3n) is 3.75. The fourth-order valence-electron chi connectivity index (χ4n) is 2.43. The lowest BCUT2D eigenvalue weighted by Gasteiger charge is -2.10. The molecule has 4 heteroatoms. The molecule has 0 fully saturated rings. The number of nitrogens with one attached hydrogen (secondary N) is 1. The van der Waals surface area contributed by atoms with Crippen LogP contribution in [0.25, 0.3) is 0 Å². The molecular weight excluding hydrogens is 276 g/mol. The zero-order chi connectivity index (χ0) is 15.9. The average molecular weight is 298 g/mol. The molecule has 2 rings (SSSR count). The van der Waals surface area contributed by atoms with Crippen LogP contribution < -0.4 is 10.9 Å². The summed E-state index contributed by atoms with van der Waals surface area (Å²) in [6, 6.07) is 12.8. The molecule has 0 bridgehead atoms. The summed E-state index contributed by atoms with van der Waals surface area (Å²) in [4.78, 5) is 23.8. The van der Waals surface area contributed by atoms with Gasteiger partial charge in [0, 0.05) is 30.4 Å². The quantitative estimate of drug-likeness (QED) is 0.834. The Kier molecular flexibility index (Phi) is 5.53. The number of aryl methyl sites for hydroxylation is 2. The van der Waals surface area contributed by atoms with Crippen LogP contribution in [0.2, 0.25) is 0 Å². The number of hydrogen-bond acceptors (Lipinski definition) is 2. The molecule has 0 atom stereocenters. The van der Waals surface area contributed by atoms with E-state index in [9.17, 15) is 9.59 Å². The standard InChI is InChI=1S/C18H22N2O2/c1-14-8-3-4-10-16(14)18(22)19-12-5-6-13-20-15(2)9-7-11-17(20)21/h3-4,7-11H,5-6,12-13H2,1-2H3,(H,19,22). The van der Waals surface area contributed by atoms with Gasteiger partial charge in [0.15, 0.2) is 0 Å². The van der Waals surface area contributed by atoms with Crippen molar-refractivity contribution in [2.24, 2.45) is 0 Å². The van der Waals surface area contributed by atoms with Crippen molar-refractivity contribution in [2.75, 3.05) is 6.54 Å². The molecule has 0 aliphatic carbocycles. The molecule has 0 radical (unpaired) electrons. The Labute approximate surface area is 130 Å². The lowest BCUT2D eigenvalue weighted by Crippen LogP contribution is -2.26. The second kappa shape index (κ2) is 7.59. The Balaban J connectivity index is 1.77. The van der Waals surface area contributed by atoms with E-state index < -0.39 is 0 Å². The summed E-state index contributed by atoms with van der Waals surface area (Å²) in [6.07, 6.45) is 1.71. The van der Waals surface area contributed by atoms with Gasteiger partial charge in [-0.25, -0.2) is 0 Å². The molecule has 2 aromatic rings. The van der Waals surface area contributed by atoms with Crippen molar-refractivity contribution in [3.05, 3.63) is 69.6 Å². The summed E-state index contributed by atoms with van der Waals surface area (Å²) in [5.74, 6) is -0.0360. The highest BCUT2D eigenvalue weighted by Gasteiger charge is 2.06. The van der Waals surface area contributed by atoms with Gasteiger partial charge in [-0.2, -0.15) is 0 Å². The number of benzene rings is 1. The Bertz CT molecular complexity index is 704. The van der Waals surface area contributed by atoms with E-state index in [-0.39, 0.29) is 11.5 Å². The zero-order valence-corrected chi connectivity index (χ0v) is 13.1. The van der Waals surface area contributed by atoms with Crippen LogP contribution >= 0.6 is 0 Å². The molecular formula is C18H22N2O2. The van der Waals surface area contributed by atoms with E-state index >= 15 is 0 Å². The number of carbonyl (C=O) groups is 1. The molecule has 1 N–H and O–H groups in total. The minimum Gasteiger partial charge on any atom is -0.352 e. The average Bonchev–Trinajstić information content (AvgIpc) is 2.49. The number of rotatable bonds is 6. The first-order valence-electron chi connectivity index (χ1n) is 7.60. The van der Waals surface area contributed by atoms with Crippen LogP contribution in [0.15, 0.2) is 47.3 Å². The van der Waals surface area contributed by atoms with Crippen LogP contribution in [0.5, 0.6) is 0 Å². The largest absolute Gasteiger partial charge is 0.352 e. The van der Waals surface area contributed by atoms with Crippen molar-refractivity contribution < 1.29 is 4.79 Å². The molecule has 0 spiro atoms. The Morgan fingerprint density at radius 1 is 1.05 bits per heavy atom. The molecule has 1 aromatic carbocycles. The lowest BCUT2D eigenvalue weighted by molar-refractivity contribution is 0.0952. The van der Waals surface area contributed by atoms with Gasteiger partial charge in [0.2, 0.25) is 0 Å². The number of nitrogens with zero attached hydrogens (tertiary/aromatic N) is 1. The Hall–Kier alpha value is -2.36. The first-order chi connectivity index (χ1) is 10.6. The second-order valence-electron chi connectivity index (χ2n) is 5.43. The fourth-order valence-corrected chi connectivity index (χ4v) is 2.43. The van der Waals surface area contributed by atoms with Gasteiger partial charge in [0.05, 0.1) is 0 Å². The smallest absolute Gasteiger partial charge is 0.251 e. The maximum atomic E-state index is 12.0. The molecule has 116 valence electrons. The predicted molar refractivity (Wildman–Crippen MR) is 88.2 cm³/mol. The molecule has 4 nitrogen and oxygen atoms in total. The fraction of sp³-hybridized carbons (Fsp3) is 0.333. The van der Waals surface area contributed by atoms with E-state index in [0.717, 1.165) is 29.7 Å². The van der Waals surface area contributed by atoms with E-state index in [1.54, 1.807) is 16.7 Å². The van der Waals surface area contributed by atoms with Crippen molar-refractivity contribution in [1.29, 1.82) is 0 Å².